The normalized spacial score (nSPS) is 43.2. The van der Waals surface area contributed by atoms with E-state index in [-0.39, 0.29) is 11.3 Å². The smallest absolute Gasteiger partial charge is 0.133 e. The average Bonchev–Trinajstić information content (AvgIpc) is 2.87. The van der Waals surface area contributed by atoms with E-state index in [0.717, 1.165) is 43.3 Å². The van der Waals surface area contributed by atoms with Gasteiger partial charge >= 0.3 is 0 Å². The zero-order valence-corrected chi connectivity index (χ0v) is 14.9. The fraction of sp³-hybridized carbons (Fsp3) is 0.667. The predicted octanol–water partition coefficient (Wildman–Crippen LogP) is 3.72. The highest BCUT2D eigenvalue weighted by atomic mass is 16.3. The van der Waals surface area contributed by atoms with Crippen molar-refractivity contribution in [3.05, 3.63) is 35.5 Å². The second kappa shape index (κ2) is 6.61. The van der Waals surface area contributed by atoms with Crippen LogP contribution in [0.4, 0.5) is 0 Å². The Bertz CT molecular complexity index is 600. The standard InChI is InChI=1S/C21H30O3/c1-13-16(11-17(23)12-20(13)24)7-6-15-5-4-10-21(3)18(14(2)22)8-9-19(15)21/h6-7,17-20,23-24H,1,4-5,8-12H2,2-3H3/t17-,18-,19+,20+,21-/m1/s1. The fourth-order valence-electron chi connectivity index (χ4n) is 5.37. The van der Waals surface area contributed by atoms with Crippen LogP contribution >= 0.6 is 0 Å². The highest BCUT2D eigenvalue weighted by Crippen LogP contribution is 2.57. The van der Waals surface area contributed by atoms with E-state index in [2.05, 4.69) is 25.7 Å². The summed E-state index contributed by atoms with van der Waals surface area (Å²) in [5.41, 5.74) is 3.24. The van der Waals surface area contributed by atoms with Gasteiger partial charge in [0.1, 0.15) is 5.78 Å². The molecule has 0 aromatic rings. The summed E-state index contributed by atoms with van der Waals surface area (Å²) in [5.74, 6) is 1.03. The van der Waals surface area contributed by atoms with Crippen LogP contribution in [0.3, 0.4) is 0 Å². The maximum atomic E-state index is 12.0. The Balaban J connectivity index is 1.84. The first-order valence-electron chi connectivity index (χ1n) is 9.28. The third-order valence-electron chi connectivity index (χ3n) is 6.72. The van der Waals surface area contributed by atoms with Gasteiger partial charge in [0.2, 0.25) is 0 Å². The van der Waals surface area contributed by atoms with Crippen molar-refractivity contribution in [2.45, 2.75) is 71.0 Å². The summed E-state index contributed by atoms with van der Waals surface area (Å²) >= 11 is 0. The van der Waals surface area contributed by atoms with Crippen molar-refractivity contribution in [3.8, 4) is 0 Å². The maximum absolute atomic E-state index is 12.0. The van der Waals surface area contributed by atoms with Crippen molar-refractivity contribution < 1.29 is 15.0 Å². The van der Waals surface area contributed by atoms with Gasteiger partial charge in [-0.3, -0.25) is 4.79 Å². The molecule has 132 valence electrons. The summed E-state index contributed by atoms with van der Waals surface area (Å²) in [6.45, 7) is 8.03. The summed E-state index contributed by atoms with van der Waals surface area (Å²) in [4.78, 5) is 12.0. The molecule has 0 amide bonds. The van der Waals surface area contributed by atoms with Crippen LogP contribution in [0.25, 0.3) is 0 Å². The molecule has 24 heavy (non-hydrogen) atoms. The zero-order valence-electron chi connectivity index (χ0n) is 14.9. The number of aliphatic hydroxyl groups is 2. The highest BCUT2D eigenvalue weighted by Gasteiger charge is 2.50. The number of allylic oxidation sites excluding steroid dienone is 3. The molecule has 0 bridgehead atoms. The third kappa shape index (κ3) is 3.04. The van der Waals surface area contributed by atoms with Gasteiger partial charge in [-0.15, -0.1) is 0 Å². The molecular weight excluding hydrogens is 300 g/mol. The molecule has 0 aromatic carbocycles. The highest BCUT2D eigenvalue weighted by molar-refractivity contribution is 5.79. The Morgan fingerprint density at radius 2 is 2.04 bits per heavy atom. The van der Waals surface area contributed by atoms with E-state index in [1.54, 1.807) is 6.92 Å². The van der Waals surface area contributed by atoms with Crippen molar-refractivity contribution in [1.82, 2.24) is 0 Å². The molecule has 0 spiro atoms. The number of hydrogen-bond acceptors (Lipinski definition) is 3. The molecule has 3 heteroatoms. The topological polar surface area (TPSA) is 57.5 Å². The Kier molecular flexibility index (Phi) is 4.85. The Morgan fingerprint density at radius 3 is 2.75 bits per heavy atom. The minimum absolute atomic E-state index is 0.108. The first kappa shape index (κ1) is 17.6. The number of rotatable bonds is 2. The van der Waals surface area contributed by atoms with Crippen LogP contribution in [0.2, 0.25) is 0 Å². The van der Waals surface area contributed by atoms with E-state index in [4.69, 9.17) is 0 Å². The van der Waals surface area contributed by atoms with Gasteiger partial charge in [0.05, 0.1) is 12.2 Å². The van der Waals surface area contributed by atoms with Crippen LogP contribution in [0.5, 0.6) is 0 Å². The maximum Gasteiger partial charge on any atom is 0.133 e. The van der Waals surface area contributed by atoms with Gasteiger partial charge in [0.15, 0.2) is 0 Å². The van der Waals surface area contributed by atoms with Crippen molar-refractivity contribution in [3.63, 3.8) is 0 Å². The minimum Gasteiger partial charge on any atom is -0.393 e. The van der Waals surface area contributed by atoms with Gasteiger partial charge in [-0.2, -0.15) is 0 Å². The molecule has 3 nitrogen and oxygen atoms in total. The first-order valence-corrected chi connectivity index (χ1v) is 9.28. The van der Waals surface area contributed by atoms with E-state index >= 15 is 0 Å². The lowest BCUT2D eigenvalue weighted by molar-refractivity contribution is -0.124. The molecule has 0 saturated heterocycles. The number of fused-ring (bicyclic) bond motifs is 1. The SMILES string of the molecule is C=C1C(=CC=C2CCC[C@]3(C)[C@@H](C(C)=O)CC[C@@H]23)C[C@@H](O)C[C@@H]1O. The number of carbonyl (C=O) groups excluding carboxylic acids is 1. The lowest BCUT2D eigenvalue weighted by Crippen LogP contribution is -2.36. The molecule has 0 radical (unpaired) electrons. The van der Waals surface area contributed by atoms with Gasteiger partial charge < -0.3 is 10.2 Å². The molecule has 5 atom stereocenters. The molecule has 0 aromatic heterocycles. The molecule has 3 aliphatic carbocycles. The summed E-state index contributed by atoms with van der Waals surface area (Å²) < 4.78 is 0. The molecule has 0 heterocycles. The van der Waals surface area contributed by atoms with Crippen LogP contribution in [-0.2, 0) is 4.79 Å². The van der Waals surface area contributed by atoms with Crippen molar-refractivity contribution in [2.75, 3.05) is 0 Å². The second-order valence-electron chi connectivity index (χ2n) is 8.22. The zero-order chi connectivity index (χ0) is 17.5. The quantitative estimate of drug-likeness (QED) is 0.811. The van der Waals surface area contributed by atoms with Crippen molar-refractivity contribution in [2.24, 2.45) is 17.3 Å². The molecule has 0 unspecified atom stereocenters. The van der Waals surface area contributed by atoms with Crippen LogP contribution in [0, 0.1) is 17.3 Å². The first-order chi connectivity index (χ1) is 11.3. The summed E-state index contributed by atoms with van der Waals surface area (Å²) in [7, 11) is 0. The number of Topliss-reactive ketones (excluding diaryl/α,β-unsaturated/α-hetero) is 1. The van der Waals surface area contributed by atoms with Crippen molar-refractivity contribution >= 4 is 5.78 Å². The molecule has 3 rings (SSSR count). The largest absolute Gasteiger partial charge is 0.393 e. The van der Waals surface area contributed by atoms with E-state index in [1.165, 1.54) is 5.57 Å². The molecular formula is C21H30O3. The Morgan fingerprint density at radius 1 is 1.29 bits per heavy atom. The van der Waals surface area contributed by atoms with Crippen LogP contribution in [0.1, 0.15) is 58.8 Å². The molecule has 3 aliphatic rings. The van der Waals surface area contributed by atoms with Gasteiger partial charge in [-0.25, -0.2) is 0 Å². The molecule has 3 saturated carbocycles. The Hall–Kier alpha value is -1.19. The predicted molar refractivity (Wildman–Crippen MR) is 95.4 cm³/mol. The van der Waals surface area contributed by atoms with E-state index < -0.39 is 12.2 Å². The van der Waals surface area contributed by atoms with Crippen molar-refractivity contribution in [1.29, 1.82) is 0 Å². The summed E-state index contributed by atoms with van der Waals surface area (Å²) in [6.07, 6.45) is 9.54. The number of carbonyl (C=O) groups is 1. The van der Waals surface area contributed by atoms with Gasteiger partial charge in [-0.1, -0.05) is 31.2 Å². The van der Waals surface area contributed by atoms with E-state index in [0.29, 0.717) is 24.5 Å². The summed E-state index contributed by atoms with van der Waals surface area (Å²) in [5, 5.41) is 19.9. The lowest BCUT2D eigenvalue weighted by atomic mass is 9.63. The van der Waals surface area contributed by atoms with Crippen LogP contribution in [0.15, 0.2) is 35.5 Å². The van der Waals surface area contributed by atoms with Gasteiger partial charge in [0, 0.05) is 12.3 Å². The monoisotopic (exact) mass is 330 g/mol. The van der Waals surface area contributed by atoms with Gasteiger partial charge in [0.25, 0.3) is 0 Å². The average molecular weight is 330 g/mol. The number of ketones is 1. The van der Waals surface area contributed by atoms with Gasteiger partial charge in [-0.05, 0) is 67.9 Å². The second-order valence-corrected chi connectivity index (χ2v) is 8.22. The Labute approximate surface area is 145 Å². The minimum atomic E-state index is -0.636. The third-order valence-corrected chi connectivity index (χ3v) is 6.72. The van der Waals surface area contributed by atoms with Crippen LogP contribution < -0.4 is 0 Å². The van der Waals surface area contributed by atoms with E-state index in [1.807, 2.05) is 0 Å². The van der Waals surface area contributed by atoms with Crippen LogP contribution in [-0.4, -0.2) is 28.2 Å². The molecule has 3 fully saturated rings. The molecule has 0 aliphatic heterocycles. The number of hydrogen-bond donors (Lipinski definition) is 2. The van der Waals surface area contributed by atoms with E-state index in [9.17, 15) is 15.0 Å². The summed E-state index contributed by atoms with van der Waals surface area (Å²) in [6, 6.07) is 0. The fourth-order valence-corrected chi connectivity index (χ4v) is 5.37. The lowest BCUT2D eigenvalue weighted by Gasteiger charge is -2.41. The number of aliphatic hydroxyl groups excluding tert-OH is 2. The molecule has 2 N–H and O–H groups in total.